The summed E-state index contributed by atoms with van der Waals surface area (Å²) >= 11 is 2.38. The molecule has 0 aliphatic rings. The molecule has 33 heavy (non-hydrogen) atoms. The minimum absolute atomic E-state index is 0.120. The second-order valence-corrected chi connectivity index (χ2v) is 9.41. The standard InChI is InChI=1S/C23H27N5O3S2/c1-6-12-28-20(17-10-8-16(9-11-17)14(3)4)26-27-23(28)32-13-18(29)25-22-24-15(5)19(33-22)21(30)31-7-2/h6,8-11,14H,1,7,12-13H2,2-5H3,(H,24,25,29). The number of amides is 1. The summed E-state index contributed by atoms with van der Waals surface area (Å²) in [5.41, 5.74) is 2.73. The molecule has 2 aromatic heterocycles. The Bertz CT molecular complexity index is 1140. The molecule has 0 saturated carbocycles. The smallest absolute Gasteiger partial charge is 0.350 e. The van der Waals surface area contributed by atoms with Gasteiger partial charge in [-0.15, -0.1) is 16.8 Å². The first-order valence-electron chi connectivity index (χ1n) is 10.6. The molecule has 0 saturated heterocycles. The van der Waals surface area contributed by atoms with Gasteiger partial charge in [-0.2, -0.15) is 0 Å². The molecule has 2 heterocycles. The Balaban J connectivity index is 1.69. The third-order valence-corrected chi connectivity index (χ3v) is 6.72. The van der Waals surface area contributed by atoms with Crippen molar-refractivity contribution in [3.63, 3.8) is 0 Å². The average molecular weight is 486 g/mol. The third kappa shape index (κ3) is 6.08. The van der Waals surface area contributed by atoms with E-state index in [1.165, 1.54) is 17.3 Å². The van der Waals surface area contributed by atoms with Crippen molar-refractivity contribution in [1.29, 1.82) is 0 Å². The molecular formula is C23H27N5O3S2. The molecule has 1 N–H and O–H groups in total. The molecule has 3 aromatic rings. The summed E-state index contributed by atoms with van der Waals surface area (Å²) in [5.74, 6) is 0.607. The molecule has 0 atom stereocenters. The average Bonchev–Trinajstić information content (AvgIpc) is 3.35. The number of nitrogens with one attached hydrogen (secondary N) is 1. The highest BCUT2D eigenvalue weighted by atomic mass is 32.2. The summed E-state index contributed by atoms with van der Waals surface area (Å²) in [5, 5.41) is 12.3. The number of thiazole rings is 1. The second-order valence-electron chi connectivity index (χ2n) is 7.47. The number of hydrogen-bond acceptors (Lipinski definition) is 8. The minimum Gasteiger partial charge on any atom is -0.462 e. The van der Waals surface area contributed by atoms with E-state index in [0.29, 0.717) is 33.3 Å². The maximum Gasteiger partial charge on any atom is 0.350 e. The summed E-state index contributed by atoms with van der Waals surface area (Å²) in [6, 6.07) is 8.25. The highest BCUT2D eigenvalue weighted by Crippen LogP contribution is 2.27. The van der Waals surface area contributed by atoms with E-state index in [4.69, 9.17) is 4.74 Å². The normalized spacial score (nSPS) is 10.9. The van der Waals surface area contributed by atoms with Gasteiger partial charge in [-0.05, 0) is 25.3 Å². The van der Waals surface area contributed by atoms with Gasteiger partial charge in [0, 0.05) is 12.1 Å². The van der Waals surface area contributed by atoms with E-state index in [-0.39, 0.29) is 18.3 Å². The van der Waals surface area contributed by atoms with E-state index in [1.54, 1.807) is 19.9 Å². The lowest BCUT2D eigenvalue weighted by molar-refractivity contribution is -0.113. The number of carbonyl (C=O) groups excluding carboxylic acids is 2. The Labute approximate surface area is 201 Å². The monoisotopic (exact) mass is 485 g/mol. The fourth-order valence-electron chi connectivity index (χ4n) is 3.04. The molecule has 0 fully saturated rings. The van der Waals surface area contributed by atoms with E-state index in [0.717, 1.165) is 22.7 Å². The van der Waals surface area contributed by atoms with E-state index in [1.807, 2.05) is 16.7 Å². The van der Waals surface area contributed by atoms with E-state index in [9.17, 15) is 9.59 Å². The molecule has 0 radical (unpaired) electrons. The van der Waals surface area contributed by atoms with Crippen LogP contribution in [-0.2, 0) is 16.1 Å². The van der Waals surface area contributed by atoms with Crippen LogP contribution in [0.25, 0.3) is 11.4 Å². The molecule has 0 spiro atoms. The summed E-state index contributed by atoms with van der Waals surface area (Å²) in [6.07, 6.45) is 1.77. The van der Waals surface area contributed by atoms with Crippen molar-refractivity contribution in [1.82, 2.24) is 19.7 Å². The summed E-state index contributed by atoms with van der Waals surface area (Å²) in [6.45, 7) is 12.4. The van der Waals surface area contributed by atoms with Crippen molar-refractivity contribution in [2.45, 2.75) is 45.3 Å². The molecule has 3 rings (SSSR count). The highest BCUT2D eigenvalue weighted by Gasteiger charge is 2.19. The van der Waals surface area contributed by atoms with Crippen molar-refractivity contribution < 1.29 is 14.3 Å². The molecule has 1 amide bonds. The van der Waals surface area contributed by atoms with Gasteiger partial charge in [0.15, 0.2) is 16.1 Å². The van der Waals surface area contributed by atoms with Crippen LogP contribution in [0.1, 0.15) is 47.6 Å². The highest BCUT2D eigenvalue weighted by molar-refractivity contribution is 7.99. The molecule has 0 bridgehead atoms. The van der Waals surface area contributed by atoms with Gasteiger partial charge in [-0.3, -0.25) is 9.36 Å². The van der Waals surface area contributed by atoms with Crippen LogP contribution in [0.15, 0.2) is 42.1 Å². The van der Waals surface area contributed by atoms with Crippen LogP contribution in [0.4, 0.5) is 5.13 Å². The fourth-order valence-corrected chi connectivity index (χ4v) is 4.67. The maximum absolute atomic E-state index is 12.5. The van der Waals surface area contributed by atoms with Gasteiger partial charge in [0.25, 0.3) is 0 Å². The number of thioether (sulfide) groups is 1. The van der Waals surface area contributed by atoms with Crippen LogP contribution < -0.4 is 5.32 Å². The molecule has 174 valence electrons. The van der Waals surface area contributed by atoms with Gasteiger partial charge >= 0.3 is 5.97 Å². The molecule has 8 nitrogen and oxygen atoms in total. The van der Waals surface area contributed by atoms with Crippen molar-refractivity contribution in [3.8, 4) is 11.4 Å². The molecule has 0 unspecified atom stereocenters. The van der Waals surface area contributed by atoms with E-state index in [2.05, 4.69) is 53.1 Å². The number of rotatable bonds is 10. The Morgan fingerprint density at radius 2 is 2.00 bits per heavy atom. The van der Waals surface area contributed by atoms with Gasteiger partial charge in [-0.1, -0.05) is 67.3 Å². The quantitative estimate of drug-likeness (QED) is 0.247. The predicted octanol–water partition coefficient (Wildman–Crippen LogP) is 4.93. The lowest BCUT2D eigenvalue weighted by Crippen LogP contribution is -2.14. The topological polar surface area (TPSA) is 99.0 Å². The second kappa shape index (κ2) is 11.2. The van der Waals surface area contributed by atoms with Crippen LogP contribution in [-0.4, -0.2) is 44.0 Å². The van der Waals surface area contributed by atoms with E-state index >= 15 is 0 Å². The van der Waals surface area contributed by atoms with Gasteiger partial charge in [0.05, 0.1) is 18.1 Å². The number of ether oxygens (including phenoxy) is 1. The first-order valence-corrected chi connectivity index (χ1v) is 12.4. The largest absolute Gasteiger partial charge is 0.462 e. The van der Waals surface area contributed by atoms with Gasteiger partial charge < -0.3 is 10.1 Å². The third-order valence-electron chi connectivity index (χ3n) is 4.70. The van der Waals surface area contributed by atoms with Gasteiger partial charge in [-0.25, -0.2) is 9.78 Å². The number of nitrogens with zero attached hydrogens (tertiary/aromatic N) is 4. The SMILES string of the molecule is C=CCn1c(SCC(=O)Nc2nc(C)c(C(=O)OCC)s2)nnc1-c1ccc(C(C)C)cc1. The molecular weight excluding hydrogens is 458 g/mol. The van der Waals surface area contributed by atoms with Crippen LogP contribution in [0.3, 0.4) is 0 Å². The van der Waals surface area contributed by atoms with Crippen molar-refractivity contribution in [2.75, 3.05) is 17.7 Å². The Kier molecular flexibility index (Phi) is 8.40. The predicted molar refractivity (Wildman–Crippen MR) is 132 cm³/mol. The van der Waals surface area contributed by atoms with Gasteiger partial charge in [0.2, 0.25) is 5.91 Å². The van der Waals surface area contributed by atoms with E-state index < -0.39 is 5.97 Å². The van der Waals surface area contributed by atoms with Crippen LogP contribution >= 0.6 is 23.1 Å². The zero-order valence-corrected chi connectivity index (χ0v) is 20.8. The first-order chi connectivity index (χ1) is 15.8. The number of aromatic nitrogens is 4. The van der Waals surface area contributed by atoms with Crippen LogP contribution in [0.5, 0.6) is 0 Å². The van der Waals surface area contributed by atoms with Crippen molar-refractivity contribution >= 4 is 40.1 Å². The fraction of sp³-hybridized carbons (Fsp3) is 0.348. The summed E-state index contributed by atoms with van der Waals surface area (Å²) in [7, 11) is 0. The number of carbonyl (C=O) groups is 2. The Hall–Kier alpha value is -2.98. The summed E-state index contributed by atoms with van der Waals surface area (Å²) < 4.78 is 6.95. The first kappa shape index (κ1) is 24.7. The molecule has 1 aromatic carbocycles. The van der Waals surface area contributed by atoms with Gasteiger partial charge in [0.1, 0.15) is 4.88 Å². The van der Waals surface area contributed by atoms with Crippen LogP contribution in [0.2, 0.25) is 0 Å². The Morgan fingerprint density at radius 3 is 2.64 bits per heavy atom. The zero-order valence-electron chi connectivity index (χ0n) is 19.1. The maximum atomic E-state index is 12.5. The number of aryl methyl sites for hydroxylation is 1. The number of anilines is 1. The number of hydrogen-bond donors (Lipinski definition) is 1. The molecule has 0 aliphatic heterocycles. The zero-order chi connectivity index (χ0) is 24.0. The Morgan fingerprint density at radius 1 is 1.27 bits per heavy atom. The minimum atomic E-state index is -0.436. The lowest BCUT2D eigenvalue weighted by Gasteiger charge is -2.09. The molecule has 10 heteroatoms. The lowest BCUT2D eigenvalue weighted by atomic mass is 10.0. The number of benzene rings is 1. The summed E-state index contributed by atoms with van der Waals surface area (Å²) in [4.78, 5) is 29.1. The number of allylic oxidation sites excluding steroid dienone is 1. The van der Waals surface area contributed by atoms with Crippen LogP contribution in [0, 0.1) is 6.92 Å². The molecule has 0 aliphatic carbocycles. The number of esters is 1. The van der Waals surface area contributed by atoms with Crippen molar-refractivity contribution in [2.24, 2.45) is 0 Å². The van der Waals surface area contributed by atoms with Crippen molar-refractivity contribution in [3.05, 3.63) is 53.1 Å².